The zero-order valence-electron chi connectivity index (χ0n) is 32.2. The van der Waals surface area contributed by atoms with Gasteiger partial charge in [-0.15, -0.1) is 0 Å². The molecule has 11 rings (SSSR count). The largest absolute Gasteiger partial charge is 0.458 e. The fraction of sp³-hybridized carbons (Fsp3) is 0. The van der Waals surface area contributed by atoms with E-state index in [1.807, 2.05) is 30.3 Å². The van der Waals surface area contributed by atoms with Gasteiger partial charge in [0.25, 0.3) is 6.71 Å². The predicted molar refractivity (Wildman–Crippen MR) is 244 cm³/mol. The minimum Gasteiger partial charge on any atom is -0.458 e. The molecule has 0 radical (unpaired) electrons. The summed E-state index contributed by atoms with van der Waals surface area (Å²) in [6, 6.07) is 78.8. The van der Waals surface area contributed by atoms with Crippen LogP contribution in [-0.4, -0.2) is 6.71 Å². The molecule has 9 aromatic carbocycles. The van der Waals surface area contributed by atoms with Crippen molar-refractivity contribution in [3.8, 4) is 45.3 Å². The number of ether oxygens (including phenoxy) is 2. The SMILES string of the molecule is c1ccc(Oc2cc3c4c(c2)N(c2ccc(-c5ccccc5)cc2)c2ccc(-c5ccccc5)cc2B4c2ccc(N(c4ccccc4)c4ccccc4)cc2O3)cc1. The van der Waals surface area contributed by atoms with Gasteiger partial charge in [0.05, 0.1) is 0 Å². The van der Waals surface area contributed by atoms with E-state index in [0.29, 0.717) is 5.75 Å². The van der Waals surface area contributed by atoms with Gasteiger partial charge in [-0.1, -0.05) is 146 Å². The molecular formula is C54H37BN2O2. The van der Waals surface area contributed by atoms with Crippen LogP contribution in [0.4, 0.5) is 34.1 Å². The van der Waals surface area contributed by atoms with Crippen molar-refractivity contribution < 1.29 is 9.47 Å². The maximum absolute atomic E-state index is 7.12. The van der Waals surface area contributed by atoms with E-state index in [1.165, 1.54) is 27.7 Å². The van der Waals surface area contributed by atoms with Gasteiger partial charge >= 0.3 is 0 Å². The van der Waals surface area contributed by atoms with Crippen LogP contribution in [0.2, 0.25) is 0 Å². The van der Waals surface area contributed by atoms with Crippen LogP contribution in [0.5, 0.6) is 23.0 Å². The van der Waals surface area contributed by atoms with E-state index in [9.17, 15) is 0 Å². The number of hydrogen-bond acceptors (Lipinski definition) is 4. The molecule has 0 N–H and O–H groups in total. The van der Waals surface area contributed by atoms with E-state index in [1.54, 1.807) is 0 Å². The van der Waals surface area contributed by atoms with Crippen LogP contribution >= 0.6 is 0 Å². The Morgan fingerprint density at radius 1 is 0.390 bits per heavy atom. The van der Waals surface area contributed by atoms with Gasteiger partial charge < -0.3 is 19.3 Å². The van der Waals surface area contributed by atoms with Gasteiger partial charge in [0.2, 0.25) is 0 Å². The lowest BCUT2D eigenvalue weighted by atomic mass is 9.34. The van der Waals surface area contributed by atoms with Crippen LogP contribution in [0, 0.1) is 0 Å². The molecule has 0 saturated heterocycles. The molecule has 0 spiro atoms. The van der Waals surface area contributed by atoms with Crippen molar-refractivity contribution in [3.63, 3.8) is 0 Å². The molecule has 0 aliphatic carbocycles. The Kier molecular flexibility index (Phi) is 8.56. The molecule has 0 atom stereocenters. The van der Waals surface area contributed by atoms with Crippen LogP contribution in [-0.2, 0) is 0 Å². The van der Waals surface area contributed by atoms with Gasteiger partial charge in [-0.05, 0) is 99.3 Å². The van der Waals surface area contributed by atoms with Crippen molar-refractivity contribution in [1.82, 2.24) is 0 Å². The normalized spacial score (nSPS) is 12.1. The Hall–Kier alpha value is -7.76. The van der Waals surface area contributed by atoms with Gasteiger partial charge in [-0.2, -0.15) is 0 Å². The molecule has 2 aliphatic heterocycles. The summed E-state index contributed by atoms with van der Waals surface area (Å²) in [5.74, 6) is 3.06. The molecule has 2 heterocycles. The predicted octanol–water partition coefficient (Wildman–Crippen LogP) is 12.7. The molecule has 5 heteroatoms. The molecule has 59 heavy (non-hydrogen) atoms. The molecule has 4 nitrogen and oxygen atoms in total. The third-order valence-corrected chi connectivity index (χ3v) is 11.3. The molecule has 0 amide bonds. The standard InChI is InChI=1S/C54H37BN2O2/c1-6-16-38(17-7-1)40-26-29-44(30-27-40)57-50-33-28-41(39-18-8-2-9-19-39)34-49(50)55-48-32-31-45(56(42-20-10-3-11-21-42)43-22-12-4-13-23-43)35-52(48)59-53-37-47(36-51(57)54(53)55)58-46-24-14-5-15-25-46/h1-37H. The van der Waals surface area contributed by atoms with Crippen molar-refractivity contribution in [2.45, 2.75) is 0 Å². The lowest BCUT2D eigenvalue weighted by Crippen LogP contribution is -2.59. The van der Waals surface area contributed by atoms with E-state index in [-0.39, 0.29) is 6.71 Å². The third-order valence-electron chi connectivity index (χ3n) is 11.3. The van der Waals surface area contributed by atoms with E-state index >= 15 is 0 Å². The molecule has 278 valence electrons. The molecule has 0 bridgehead atoms. The summed E-state index contributed by atoms with van der Waals surface area (Å²) < 4.78 is 13.7. The van der Waals surface area contributed by atoms with E-state index in [4.69, 9.17) is 9.47 Å². The van der Waals surface area contributed by atoms with Gasteiger partial charge in [-0.25, -0.2) is 0 Å². The van der Waals surface area contributed by atoms with Gasteiger partial charge in [0, 0.05) is 52.3 Å². The lowest BCUT2D eigenvalue weighted by Gasteiger charge is -2.40. The molecule has 0 saturated carbocycles. The molecular weight excluding hydrogens is 719 g/mol. The highest BCUT2D eigenvalue weighted by atomic mass is 16.5. The second kappa shape index (κ2) is 14.6. The fourth-order valence-corrected chi connectivity index (χ4v) is 8.66. The van der Waals surface area contributed by atoms with E-state index < -0.39 is 0 Å². The van der Waals surface area contributed by atoms with Crippen molar-refractivity contribution in [3.05, 3.63) is 224 Å². The van der Waals surface area contributed by atoms with Crippen molar-refractivity contribution in [2.75, 3.05) is 9.80 Å². The first-order chi connectivity index (χ1) is 29.2. The summed E-state index contributed by atoms with van der Waals surface area (Å²) in [7, 11) is 0. The summed E-state index contributed by atoms with van der Waals surface area (Å²) in [6.07, 6.45) is 0. The number of hydrogen-bond donors (Lipinski definition) is 0. The topological polar surface area (TPSA) is 24.9 Å². The van der Waals surface area contributed by atoms with Crippen molar-refractivity contribution in [1.29, 1.82) is 0 Å². The van der Waals surface area contributed by atoms with Crippen LogP contribution in [0.25, 0.3) is 22.3 Å². The first-order valence-electron chi connectivity index (χ1n) is 20.0. The average molecular weight is 757 g/mol. The summed E-state index contributed by atoms with van der Waals surface area (Å²) in [5.41, 5.74) is 14.5. The fourth-order valence-electron chi connectivity index (χ4n) is 8.66. The Balaban J connectivity index is 1.12. The highest BCUT2D eigenvalue weighted by molar-refractivity contribution is 6.99. The minimum absolute atomic E-state index is 0.107. The first-order valence-corrected chi connectivity index (χ1v) is 20.0. The van der Waals surface area contributed by atoms with Crippen LogP contribution in [0.15, 0.2) is 224 Å². The number of benzene rings is 9. The zero-order chi connectivity index (χ0) is 39.1. The molecule has 0 fully saturated rings. The van der Waals surface area contributed by atoms with Gasteiger partial charge in [0.15, 0.2) is 0 Å². The number of rotatable bonds is 8. The zero-order valence-corrected chi connectivity index (χ0v) is 32.2. The molecule has 0 aromatic heterocycles. The number of para-hydroxylation sites is 3. The van der Waals surface area contributed by atoms with Crippen LogP contribution in [0.3, 0.4) is 0 Å². The Labute approximate surface area is 344 Å². The van der Waals surface area contributed by atoms with Crippen LogP contribution < -0.4 is 35.7 Å². The number of anilines is 6. The lowest BCUT2D eigenvalue weighted by molar-refractivity contribution is 0.463. The Bertz CT molecular complexity index is 2890. The molecule has 9 aromatic rings. The summed E-state index contributed by atoms with van der Waals surface area (Å²) in [6.45, 7) is -0.107. The highest BCUT2D eigenvalue weighted by Crippen LogP contribution is 2.45. The maximum atomic E-state index is 7.12. The van der Waals surface area contributed by atoms with Gasteiger partial charge in [-0.3, -0.25) is 0 Å². The summed E-state index contributed by atoms with van der Waals surface area (Å²) in [4.78, 5) is 4.66. The minimum atomic E-state index is -0.107. The monoisotopic (exact) mass is 756 g/mol. The summed E-state index contributed by atoms with van der Waals surface area (Å²) in [5, 5.41) is 0. The second-order valence-corrected chi connectivity index (χ2v) is 14.9. The first kappa shape index (κ1) is 34.5. The van der Waals surface area contributed by atoms with Crippen molar-refractivity contribution >= 4 is 57.2 Å². The molecule has 0 unspecified atom stereocenters. The second-order valence-electron chi connectivity index (χ2n) is 14.9. The maximum Gasteiger partial charge on any atom is 0.256 e. The number of nitrogens with zero attached hydrogens (tertiary/aromatic N) is 2. The average Bonchev–Trinajstić information content (AvgIpc) is 3.30. The smallest absolute Gasteiger partial charge is 0.256 e. The van der Waals surface area contributed by atoms with Crippen LogP contribution in [0.1, 0.15) is 0 Å². The Morgan fingerprint density at radius 3 is 1.59 bits per heavy atom. The Morgan fingerprint density at radius 2 is 0.949 bits per heavy atom. The van der Waals surface area contributed by atoms with Gasteiger partial charge in [0.1, 0.15) is 23.0 Å². The third kappa shape index (κ3) is 6.30. The molecule has 2 aliphatic rings. The van der Waals surface area contributed by atoms with E-state index in [2.05, 4.69) is 204 Å². The summed E-state index contributed by atoms with van der Waals surface area (Å²) >= 11 is 0. The highest BCUT2D eigenvalue weighted by Gasteiger charge is 2.43. The van der Waals surface area contributed by atoms with E-state index in [0.717, 1.165) is 62.3 Å². The van der Waals surface area contributed by atoms with Crippen molar-refractivity contribution in [2.24, 2.45) is 0 Å². The quantitative estimate of drug-likeness (QED) is 0.144. The number of fused-ring (bicyclic) bond motifs is 4.